The maximum absolute atomic E-state index is 6.21. The molecule has 15 heavy (non-hydrogen) atoms. The molecule has 0 radical (unpaired) electrons. The summed E-state index contributed by atoms with van der Waals surface area (Å²) in [5.41, 5.74) is 8.68. The second-order valence-corrected chi connectivity index (χ2v) is 4.54. The fraction of sp³-hybridized carbons (Fsp3) is 0.538. The number of rotatable bonds is 4. The summed E-state index contributed by atoms with van der Waals surface area (Å²) < 4.78 is 0. The molecule has 0 aliphatic carbocycles. The van der Waals surface area contributed by atoms with Gasteiger partial charge in [0.15, 0.2) is 0 Å². The van der Waals surface area contributed by atoms with Crippen molar-refractivity contribution >= 4 is 0 Å². The molecule has 2 heteroatoms. The molecule has 0 aromatic heterocycles. The average Bonchev–Trinajstić information content (AvgIpc) is 2.28. The van der Waals surface area contributed by atoms with Crippen molar-refractivity contribution in [3.05, 3.63) is 35.4 Å². The number of nitrogens with two attached hydrogens (primary N) is 1. The lowest BCUT2D eigenvalue weighted by Gasteiger charge is -2.31. The Balaban J connectivity index is 2.87. The zero-order valence-corrected chi connectivity index (χ0v) is 10.2. The smallest absolute Gasteiger partial charge is 0.0474 e. The van der Waals surface area contributed by atoms with Gasteiger partial charge >= 0.3 is 0 Å². The van der Waals surface area contributed by atoms with Gasteiger partial charge in [0.1, 0.15) is 0 Å². The van der Waals surface area contributed by atoms with Crippen LogP contribution >= 0.6 is 0 Å². The molecular formula is C13H22N2. The van der Waals surface area contributed by atoms with Crippen LogP contribution in [0.2, 0.25) is 0 Å². The molecule has 0 spiro atoms. The first-order valence-corrected chi connectivity index (χ1v) is 5.54. The van der Waals surface area contributed by atoms with Gasteiger partial charge in [-0.3, -0.25) is 0 Å². The Bertz CT molecular complexity index is 301. The van der Waals surface area contributed by atoms with Crippen LogP contribution < -0.4 is 11.1 Å². The predicted octanol–water partition coefficient (Wildman–Crippen LogP) is 2.25. The Hall–Kier alpha value is -0.860. The molecule has 3 N–H and O–H groups in total. The van der Waals surface area contributed by atoms with E-state index in [0.29, 0.717) is 0 Å². The van der Waals surface area contributed by atoms with E-state index in [1.807, 2.05) is 7.05 Å². The lowest BCUT2D eigenvalue weighted by Crippen LogP contribution is -2.46. The van der Waals surface area contributed by atoms with Crippen LogP contribution in [0.25, 0.3) is 0 Å². The number of likely N-dealkylation sites (N-methyl/N-ethyl adjacent to an activating group) is 1. The van der Waals surface area contributed by atoms with Crippen LogP contribution in [0, 0.1) is 0 Å². The molecule has 0 amide bonds. The summed E-state index contributed by atoms with van der Waals surface area (Å²) >= 11 is 0. The SMILES string of the molecule is CCc1ccc(C(N)C(C)(C)NC)cc1. The van der Waals surface area contributed by atoms with Gasteiger partial charge in [0.25, 0.3) is 0 Å². The molecule has 84 valence electrons. The Kier molecular flexibility index (Phi) is 3.89. The van der Waals surface area contributed by atoms with Gasteiger partial charge in [-0.2, -0.15) is 0 Å². The van der Waals surface area contributed by atoms with E-state index in [9.17, 15) is 0 Å². The summed E-state index contributed by atoms with van der Waals surface area (Å²) in [6, 6.07) is 8.58. The highest BCUT2D eigenvalue weighted by Gasteiger charge is 2.25. The van der Waals surface area contributed by atoms with Crippen LogP contribution in [0.15, 0.2) is 24.3 Å². The number of benzene rings is 1. The van der Waals surface area contributed by atoms with E-state index >= 15 is 0 Å². The normalized spacial score (nSPS) is 13.9. The van der Waals surface area contributed by atoms with Gasteiger partial charge in [-0.05, 0) is 38.4 Å². The fourth-order valence-electron chi connectivity index (χ4n) is 1.53. The van der Waals surface area contributed by atoms with Crippen LogP contribution in [0.5, 0.6) is 0 Å². The molecule has 0 heterocycles. The van der Waals surface area contributed by atoms with Gasteiger partial charge in [-0.15, -0.1) is 0 Å². The van der Waals surface area contributed by atoms with Crippen LogP contribution in [0.1, 0.15) is 37.9 Å². The number of hydrogen-bond donors (Lipinski definition) is 2. The molecule has 1 unspecified atom stereocenters. The van der Waals surface area contributed by atoms with Gasteiger partial charge in [-0.25, -0.2) is 0 Å². The predicted molar refractivity (Wildman–Crippen MR) is 65.9 cm³/mol. The lowest BCUT2D eigenvalue weighted by atomic mass is 9.89. The number of nitrogens with one attached hydrogen (secondary N) is 1. The van der Waals surface area contributed by atoms with Gasteiger partial charge in [0.2, 0.25) is 0 Å². The second kappa shape index (κ2) is 4.77. The van der Waals surface area contributed by atoms with E-state index in [-0.39, 0.29) is 11.6 Å². The molecule has 1 aromatic carbocycles. The molecule has 0 saturated carbocycles. The summed E-state index contributed by atoms with van der Waals surface area (Å²) in [6.45, 7) is 6.39. The maximum Gasteiger partial charge on any atom is 0.0474 e. The van der Waals surface area contributed by atoms with Crippen molar-refractivity contribution in [2.75, 3.05) is 7.05 Å². The van der Waals surface area contributed by atoms with Gasteiger partial charge in [-0.1, -0.05) is 31.2 Å². The molecule has 1 aromatic rings. The highest BCUT2D eigenvalue weighted by Crippen LogP contribution is 2.22. The van der Waals surface area contributed by atoms with Crippen molar-refractivity contribution in [3.8, 4) is 0 Å². The first-order chi connectivity index (χ1) is 7.01. The van der Waals surface area contributed by atoms with E-state index in [2.05, 4.69) is 50.4 Å². The van der Waals surface area contributed by atoms with E-state index in [1.165, 1.54) is 11.1 Å². The lowest BCUT2D eigenvalue weighted by molar-refractivity contribution is 0.348. The van der Waals surface area contributed by atoms with Crippen molar-refractivity contribution in [2.24, 2.45) is 5.73 Å². The minimum absolute atomic E-state index is 0.0217. The molecule has 1 atom stereocenters. The summed E-state index contributed by atoms with van der Waals surface area (Å²) in [5, 5.41) is 3.24. The molecule has 0 saturated heterocycles. The first kappa shape index (κ1) is 12.2. The Morgan fingerprint density at radius 3 is 2.20 bits per heavy atom. The molecule has 0 aliphatic heterocycles. The Morgan fingerprint density at radius 2 is 1.80 bits per heavy atom. The third kappa shape index (κ3) is 2.80. The molecule has 2 nitrogen and oxygen atoms in total. The van der Waals surface area contributed by atoms with Crippen molar-refractivity contribution < 1.29 is 0 Å². The largest absolute Gasteiger partial charge is 0.322 e. The second-order valence-electron chi connectivity index (χ2n) is 4.54. The van der Waals surface area contributed by atoms with Crippen molar-refractivity contribution in [1.29, 1.82) is 0 Å². The van der Waals surface area contributed by atoms with E-state index in [4.69, 9.17) is 5.73 Å². The van der Waals surface area contributed by atoms with Crippen LogP contribution in [0.3, 0.4) is 0 Å². The number of aryl methyl sites for hydroxylation is 1. The average molecular weight is 206 g/mol. The Labute approximate surface area is 92.9 Å². The molecule has 0 bridgehead atoms. The van der Waals surface area contributed by atoms with E-state index < -0.39 is 0 Å². The first-order valence-electron chi connectivity index (χ1n) is 5.54. The third-order valence-corrected chi connectivity index (χ3v) is 3.17. The van der Waals surface area contributed by atoms with Crippen LogP contribution in [-0.2, 0) is 6.42 Å². The minimum atomic E-state index is -0.0757. The highest BCUT2D eigenvalue weighted by molar-refractivity contribution is 5.26. The summed E-state index contributed by atoms with van der Waals surface area (Å²) in [4.78, 5) is 0. The topological polar surface area (TPSA) is 38.0 Å². The van der Waals surface area contributed by atoms with Gasteiger partial charge in [0, 0.05) is 11.6 Å². The standard InChI is InChI=1S/C13H22N2/c1-5-10-6-8-11(9-7-10)12(14)13(2,3)15-4/h6-9,12,15H,5,14H2,1-4H3. The van der Waals surface area contributed by atoms with Crippen molar-refractivity contribution in [3.63, 3.8) is 0 Å². The van der Waals surface area contributed by atoms with Crippen LogP contribution in [0.4, 0.5) is 0 Å². The summed E-state index contributed by atoms with van der Waals surface area (Å²) in [7, 11) is 1.94. The summed E-state index contributed by atoms with van der Waals surface area (Å²) in [5.74, 6) is 0. The zero-order chi connectivity index (χ0) is 11.5. The summed E-state index contributed by atoms with van der Waals surface area (Å²) in [6.07, 6.45) is 1.07. The van der Waals surface area contributed by atoms with E-state index in [0.717, 1.165) is 6.42 Å². The van der Waals surface area contributed by atoms with Crippen molar-refractivity contribution in [2.45, 2.75) is 38.8 Å². The fourth-order valence-corrected chi connectivity index (χ4v) is 1.53. The quantitative estimate of drug-likeness (QED) is 0.793. The maximum atomic E-state index is 6.21. The molecule has 0 aliphatic rings. The molecule has 1 rings (SSSR count). The van der Waals surface area contributed by atoms with Gasteiger partial charge in [0.05, 0.1) is 0 Å². The molecular weight excluding hydrogens is 184 g/mol. The zero-order valence-electron chi connectivity index (χ0n) is 10.2. The third-order valence-electron chi connectivity index (χ3n) is 3.17. The highest BCUT2D eigenvalue weighted by atomic mass is 15.0. The van der Waals surface area contributed by atoms with Crippen molar-refractivity contribution in [1.82, 2.24) is 5.32 Å². The Morgan fingerprint density at radius 1 is 1.27 bits per heavy atom. The van der Waals surface area contributed by atoms with Crippen LogP contribution in [-0.4, -0.2) is 12.6 Å². The van der Waals surface area contributed by atoms with E-state index in [1.54, 1.807) is 0 Å². The molecule has 0 fully saturated rings. The number of hydrogen-bond acceptors (Lipinski definition) is 2. The van der Waals surface area contributed by atoms with Gasteiger partial charge < -0.3 is 11.1 Å². The monoisotopic (exact) mass is 206 g/mol. The minimum Gasteiger partial charge on any atom is -0.322 e.